The monoisotopic (exact) mass is 690 g/mol. The zero-order chi connectivity index (χ0) is 36.2. The highest BCUT2D eigenvalue weighted by Gasteiger charge is 2.13. The van der Waals surface area contributed by atoms with Crippen molar-refractivity contribution in [2.45, 2.75) is 33.2 Å². The first-order valence-electron chi connectivity index (χ1n) is 15.7. The number of pyridine rings is 2. The van der Waals surface area contributed by atoms with Crippen molar-refractivity contribution in [3.05, 3.63) is 143 Å². The van der Waals surface area contributed by atoms with Crippen LogP contribution in [-0.2, 0) is 37.0 Å². The number of fused-ring (bicyclic) bond motifs is 2. The molecule has 4 heterocycles. The van der Waals surface area contributed by atoms with Crippen LogP contribution >= 0.6 is 0 Å². The van der Waals surface area contributed by atoms with Crippen molar-refractivity contribution in [2.75, 3.05) is 13.2 Å². The molecular formula is C39H32F2N4O6. The predicted molar refractivity (Wildman–Crippen MR) is 183 cm³/mol. The molecule has 0 aliphatic rings. The van der Waals surface area contributed by atoms with Gasteiger partial charge in [0.05, 0.1) is 19.3 Å². The van der Waals surface area contributed by atoms with Gasteiger partial charge in [-0.15, -0.1) is 0 Å². The lowest BCUT2D eigenvalue weighted by Crippen LogP contribution is -2.17. The second-order valence-corrected chi connectivity index (χ2v) is 11.1. The van der Waals surface area contributed by atoms with Crippen molar-refractivity contribution < 1.29 is 37.7 Å². The number of carboxylic acid groups (broad SMARTS) is 1. The van der Waals surface area contributed by atoms with Crippen LogP contribution in [0.5, 0.6) is 0 Å². The van der Waals surface area contributed by atoms with Gasteiger partial charge in [0.25, 0.3) is 0 Å². The van der Waals surface area contributed by atoms with E-state index >= 15 is 0 Å². The van der Waals surface area contributed by atoms with Crippen LogP contribution in [0, 0.1) is 35.3 Å². The molecule has 0 radical (unpaired) electrons. The summed E-state index contributed by atoms with van der Waals surface area (Å²) in [5.74, 6) is 9.95. The summed E-state index contributed by atoms with van der Waals surface area (Å²) in [7, 11) is 0. The summed E-state index contributed by atoms with van der Waals surface area (Å²) in [5.41, 5.74) is 5.21. The molecule has 6 rings (SSSR count). The second-order valence-electron chi connectivity index (χ2n) is 11.1. The van der Waals surface area contributed by atoms with Gasteiger partial charge in [-0.1, -0.05) is 24.0 Å². The molecule has 0 aliphatic heterocycles. The number of rotatable bonds is 9. The van der Waals surface area contributed by atoms with E-state index in [9.17, 15) is 18.4 Å². The number of hydrogen-bond donors (Lipinski definition) is 1. The molecule has 0 aliphatic carbocycles. The molecule has 1 N–H and O–H groups in total. The van der Waals surface area contributed by atoms with Crippen molar-refractivity contribution in [1.82, 2.24) is 18.8 Å². The highest BCUT2D eigenvalue weighted by molar-refractivity contribution is 5.70. The Morgan fingerprint density at radius 2 is 1.14 bits per heavy atom. The Hall–Kier alpha value is -6.34. The van der Waals surface area contributed by atoms with Crippen molar-refractivity contribution in [1.29, 1.82) is 0 Å². The van der Waals surface area contributed by atoms with Gasteiger partial charge in [0.1, 0.15) is 58.9 Å². The van der Waals surface area contributed by atoms with E-state index in [0.29, 0.717) is 39.5 Å². The average molecular weight is 691 g/mol. The number of aromatic nitrogens is 4. The third-order valence-electron chi connectivity index (χ3n) is 6.83. The molecule has 51 heavy (non-hydrogen) atoms. The molecule has 0 unspecified atom stereocenters. The molecule has 0 spiro atoms. The van der Waals surface area contributed by atoms with E-state index in [4.69, 9.17) is 19.3 Å². The molecule has 258 valence electrons. The number of carbonyl (C=O) groups is 2. The number of carbonyl (C=O) groups excluding carboxylic acids is 1. The highest BCUT2D eigenvalue weighted by Crippen LogP contribution is 2.15. The molecule has 0 atom stereocenters. The minimum absolute atomic E-state index is 0.0431. The first-order valence-corrected chi connectivity index (χ1v) is 15.7. The average Bonchev–Trinajstić information content (AvgIpc) is 3.64. The number of ether oxygens (including phenoxy) is 3. The molecule has 2 aromatic carbocycles. The summed E-state index contributed by atoms with van der Waals surface area (Å²) < 4.78 is 45.3. The first-order chi connectivity index (χ1) is 24.7. The summed E-state index contributed by atoms with van der Waals surface area (Å²) in [4.78, 5) is 31.1. The lowest BCUT2D eigenvalue weighted by atomic mass is 10.2. The molecule has 6 aromatic rings. The van der Waals surface area contributed by atoms with Crippen molar-refractivity contribution in [2.24, 2.45) is 0 Å². The Labute approximate surface area is 292 Å². The second kappa shape index (κ2) is 17.4. The Morgan fingerprint density at radius 1 is 0.686 bits per heavy atom. The van der Waals surface area contributed by atoms with Gasteiger partial charge in [-0.25, -0.2) is 28.3 Å². The molecule has 0 bridgehead atoms. The molecule has 0 amide bonds. The topological polar surface area (TPSA) is 117 Å². The lowest BCUT2D eigenvalue weighted by molar-refractivity contribution is -0.153. The van der Waals surface area contributed by atoms with E-state index in [1.165, 1.54) is 24.3 Å². The maximum Gasteiger partial charge on any atom is 0.332 e. The summed E-state index contributed by atoms with van der Waals surface area (Å²) in [5, 5.41) is 8.67. The van der Waals surface area contributed by atoms with Crippen molar-refractivity contribution >= 4 is 23.2 Å². The standard InChI is InChI=1S/C21H19FN2O3.C18H13FN2O3/c1-15(2)27-21(25)14-26-13-18-19(24-12-4-3-5-20(24)23-18)11-8-16-6-9-17(22)10-7-16;19-14-7-4-13(5-8-14)6-9-16-15(11-24-12-18(22)23)20-17-3-1-2-10-21(16)17/h3-7,9-10,12,15H,13-14H2,1-2H3;1-5,7-8,10H,11-12H2,(H,22,23). The normalized spacial score (nSPS) is 10.5. The van der Waals surface area contributed by atoms with E-state index in [-0.39, 0.29) is 37.6 Å². The van der Waals surface area contributed by atoms with Crippen LogP contribution in [0.15, 0.2) is 97.3 Å². The van der Waals surface area contributed by atoms with Crippen LogP contribution in [0.2, 0.25) is 0 Å². The summed E-state index contributed by atoms with van der Waals surface area (Å²) in [6.07, 6.45) is 3.49. The lowest BCUT2D eigenvalue weighted by Gasteiger charge is -2.07. The van der Waals surface area contributed by atoms with E-state index in [1.54, 1.807) is 42.5 Å². The number of esters is 1. The maximum atomic E-state index is 13.0. The van der Waals surface area contributed by atoms with Gasteiger partial charge in [0, 0.05) is 23.5 Å². The number of aliphatic carboxylic acids is 1. The third-order valence-corrected chi connectivity index (χ3v) is 6.83. The Bertz CT molecular complexity index is 2260. The van der Waals surface area contributed by atoms with Gasteiger partial charge in [-0.2, -0.15) is 0 Å². The van der Waals surface area contributed by atoms with E-state index in [2.05, 4.69) is 33.6 Å². The Kier molecular flexibility index (Phi) is 12.2. The third kappa shape index (κ3) is 10.3. The number of halogens is 2. The number of nitrogens with zero attached hydrogens (tertiary/aromatic N) is 4. The van der Waals surface area contributed by atoms with Gasteiger partial charge in [0.15, 0.2) is 0 Å². The number of imidazole rings is 2. The maximum absolute atomic E-state index is 13.0. The van der Waals surface area contributed by atoms with Crippen molar-refractivity contribution in [3.8, 4) is 23.7 Å². The number of hydrogen-bond acceptors (Lipinski definition) is 7. The Balaban J connectivity index is 0.000000199. The zero-order valence-electron chi connectivity index (χ0n) is 27.7. The van der Waals surface area contributed by atoms with E-state index in [1.807, 2.05) is 53.2 Å². The molecule has 12 heteroatoms. The molecule has 0 saturated carbocycles. The van der Waals surface area contributed by atoms with Gasteiger partial charge in [0.2, 0.25) is 0 Å². The van der Waals surface area contributed by atoms with Gasteiger partial charge in [-0.3, -0.25) is 8.80 Å². The van der Waals surface area contributed by atoms with Crippen LogP contribution in [0.3, 0.4) is 0 Å². The first kappa shape index (κ1) is 36.0. The smallest absolute Gasteiger partial charge is 0.332 e. The number of carboxylic acids is 1. The van der Waals surface area contributed by atoms with Crippen LogP contribution in [-0.4, -0.2) is 55.1 Å². The van der Waals surface area contributed by atoms with Crippen LogP contribution in [0.25, 0.3) is 11.3 Å². The molecule has 0 saturated heterocycles. The van der Waals surface area contributed by atoms with E-state index in [0.717, 1.165) is 5.65 Å². The number of benzene rings is 2. The van der Waals surface area contributed by atoms with Crippen LogP contribution < -0.4 is 0 Å². The largest absolute Gasteiger partial charge is 0.480 e. The van der Waals surface area contributed by atoms with Gasteiger partial charge in [-0.05, 0) is 98.5 Å². The van der Waals surface area contributed by atoms with Gasteiger partial charge < -0.3 is 19.3 Å². The summed E-state index contributed by atoms with van der Waals surface area (Å²) in [6, 6.07) is 23.0. The fraction of sp³-hybridized carbons (Fsp3) is 0.179. The summed E-state index contributed by atoms with van der Waals surface area (Å²) in [6.45, 7) is 3.17. The molecule has 4 aromatic heterocycles. The fourth-order valence-electron chi connectivity index (χ4n) is 4.65. The van der Waals surface area contributed by atoms with Gasteiger partial charge >= 0.3 is 11.9 Å². The summed E-state index contributed by atoms with van der Waals surface area (Å²) >= 11 is 0. The van der Waals surface area contributed by atoms with E-state index < -0.39 is 18.5 Å². The molecule has 10 nitrogen and oxygen atoms in total. The predicted octanol–water partition coefficient (Wildman–Crippen LogP) is 5.82. The van der Waals surface area contributed by atoms with Crippen LogP contribution in [0.4, 0.5) is 8.78 Å². The Morgan fingerprint density at radius 3 is 1.57 bits per heavy atom. The minimum atomic E-state index is -1.04. The SMILES string of the molecule is CC(C)OC(=O)COCc1nc2ccccn2c1C#Cc1ccc(F)cc1.O=C(O)COCc1nc2ccccn2c1C#Cc1ccc(F)cc1. The van der Waals surface area contributed by atoms with Crippen molar-refractivity contribution in [3.63, 3.8) is 0 Å². The molecular weight excluding hydrogens is 658 g/mol. The zero-order valence-corrected chi connectivity index (χ0v) is 27.7. The van der Waals surface area contributed by atoms with Crippen LogP contribution in [0.1, 0.15) is 47.8 Å². The highest BCUT2D eigenvalue weighted by atomic mass is 19.1. The minimum Gasteiger partial charge on any atom is -0.480 e. The quantitative estimate of drug-likeness (QED) is 0.149. The fourth-order valence-corrected chi connectivity index (χ4v) is 4.65. The molecule has 0 fully saturated rings.